The van der Waals surface area contributed by atoms with Crippen LogP contribution in [0.25, 0.3) is 0 Å². The lowest BCUT2D eigenvalue weighted by Gasteiger charge is -2.18. The zero-order chi connectivity index (χ0) is 45.1. The van der Waals surface area contributed by atoms with Gasteiger partial charge in [-0.1, -0.05) is 223 Å². The summed E-state index contributed by atoms with van der Waals surface area (Å²) in [5, 5.41) is 0. The van der Waals surface area contributed by atoms with Crippen LogP contribution in [0.4, 0.5) is 0 Å². The molecule has 0 aromatic heterocycles. The van der Waals surface area contributed by atoms with E-state index < -0.39 is 6.10 Å². The van der Waals surface area contributed by atoms with Crippen LogP contribution in [0.3, 0.4) is 0 Å². The van der Waals surface area contributed by atoms with Crippen LogP contribution in [-0.2, 0) is 28.6 Å². The van der Waals surface area contributed by atoms with Crippen molar-refractivity contribution in [3.63, 3.8) is 0 Å². The first-order chi connectivity index (χ1) is 30.5. The standard InChI is InChI=1S/C56H100O6/c1-4-7-10-13-16-18-20-22-24-25-26-27-28-29-30-31-33-34-36-38-40-43-46-49-55(58)61-52-53(51-60-54(57)48-45-42-15-12-9-6-3)62-56(59)50-47-44-41-39-37-35-32-23-21-19-17-14-11-8-5-2/h8,11,17,19,23,25-26,32,53H,4-7,9-10,12-16,18,20-22,24,27-31,33-52H2,1-3H3/b11-8-,19-17-,26-25-,32-23-. The van der Waals surface area contributed by atoms with Gasteiger partial charge in [-0.3, -0.25) is 14.4 Å². The molecule has 0 N–H and O–H groups in total. The SMILES string of the molecule is CC/C=C\C/C=C\C/C=C\CCCCCCCC(=O)OC(COC(=O)CCCCCCCC)COC(=O)CCCCCCCCCCCCC/C=C\CCCCCCCCCC. The quantitative estimate of drug-likeness (QED) is 0.0262. The number of hydrogen-bond donors (Lipinski definition) is 0. The van der Waals surface area contributed by atoms with Gasteiger partial charge in [0.25, 0.3) is 0 Å². The molecular weight excluding hydrogens is 769 g/mol. The van der Waals surface area contributed by atoms with Crippen molar-refractivity contribution in [2.75, 3.05) is 13.2 Å². The first kappa shape index (κ1) is 59.4. The summed E-state index contributed by atoms with van der Waals surface area (Å²) in [4.78, 5) is 37.7. The molecule has 0 aromatic rings. The van der Waals surface area contributed by atoms with Crippen molar-refractivity contribution in [3.8, 4) is 0 Å². The Morgan fingerprint density at radius 2 is 0.629 bits per heavy atom. The van der Waals surface area contributed by atoms with Gasteiger partial charge in [0.2, 0.25) is 0 Å². The van der Waals surface area contributed by atoms with Crippen LogP contribution in [0.15, 0.2) is 48.6 Å². The van der Waals surface area contributed by atoms with Gasteiger partial charge in [-0.05, 0) is 77.0 Å². The van der Waals surface area contributed by atoms with E-state index in [1.54, 1.807) is 0 Å². The van der Waals surface area contributed by atoms with E-state index in [-0.39, 0.29) is 31.1 Å². The number of unbranched alkanes of at least 4 members (excludes halogenated alkanes) is 29. The predicted octanol–water partition coefficient (Wildman–Crippen LogP) is 17.5. The third-order valence-electron chi connectivity index (χ3n) is 11.6. The van der Waals surface area contributed by atoms with Gasteiger partial charge in [0, 0.05) is 19.3 Å². The summed E-state index contributed by atoms with van der Waals surface area (Å²) >= 11 is 0. The topological polar surface area (TPSA) is 78.9 Å². The van der Waals surface area contributed by atoms with Gasteiger partial charge in [0.05, 0.1) is 0 Å². The third kappa shape index (κ3) is 48.4. The van der Waals surface area contributed by atoms with E-state index in [1.807, 2.05) is 0 Å². The maximum atomic E-state index is 12.7. The normalized spacial score (nSPS) is 12.4. The number of esters is 3. The van der Waals surface area contributed by atoms with Gasteiger partial charge in [-0.15, -0.1) is 0 Å². The molecule has 6 heteroatoms. The Morgan fingerprint density at radius 3 is 1.00 bits per heavy atom. The molecular formula is C56H100O6. The first-order valence-electron chi connectivity index (χ1n) is 26.6. The van der Waals surface area contributed by atoms with Crippen LogP contribution < -0.4 is 0 Å². The minimum atomic E-state index is -0.777. The van der Waals surface area contributed by atoms with Crippen LogP contribution >= 0.6 is 0 Å². The van der Waals surface area contributed by atoms with Crippen LogP contribution in [-0.4, -0.2) is 37.2 Å². The predicted molar refractivity (Wildman–Crippen MR) is 265 cm³/mol. The number of carbonyl (C=O) groups excluding carboxylic acids is 3. The van der Waals surface area contributed by atoms with Crippen LogP contribution in [0.5, 0.6) is 0 Å². The van der Waals surface area contributed by atoms with Crippen molar-refractivity contribution in [1.82, 2.24) is 0 Å². The Bertz CT molecular complexity index is 1090. The molecule has 1 atom stereocenters. The molecule has 0 aliphatic heterocycles. The summed E-state index contributed by atoms with van der Waals surface area (Å²) in [7, 11) is 0. The Balaban J connectivity index is 4.14. The van der Waals surface area contributed by atoms with E-state index in [1.165, 1.54) is 135 Å². The van der Waals surface area contributed by atoms with Crippen molar-refractivity contribution in [1.29, 1.82) is 0 Å². The molecule has 0 aliphatic carbocycles. The van der Waals surface area contributed by atoms with Gasteiger partial charge >= 0.3 is 17.9 Å². The smallest absolute Gasteiger partial charge is 0.306 e. The van der Waals surface area contributed by atoms with Crippen molar-refractivity contribution in [2.24, 2.45) is 0 Å². The number of hydrogen-bond acceptors (Lipinski definition) is 6. The molecule has 0 bridgehead atoms. The molecule has 0 amide bonds. The van der Waals surface area contributed by atoms with Crippen LogP contribution in [0.2, 0.25) is 0 Å². The molecule has 0 saturated carbocycles. The average molecular weight is 869 g/mol. The van der Waals surface area contributed by atoms with Gasteiger partial charge in [0.15, 0.2) is 6.10 Å². The third-order valence-corrected chi connectivity index (χ3v) is 11.6. The molecule has 0 fully saturated rings. The summed E-state index contributed by atoms with van der Waals surface area (Å²) in [5.41, 5.74) is 0. The summed E-state index contributed by atoms with van der Waals surface area (Å²) in [6.07, 6.45) is 61.3. The van der Waals surface area contributed by atoms with Gasteiger partial charge < -0.3 is 14.2 Å². The number of allylic oxidation sites excluding steroid dienone is 8. The summed E-state index contributed by atoms with van der Waals surface area (Å²) in [5.74, 6) is -0.900. The second kappa shape index (κ2) is 51.0. The summed E-state index contributed by atoms with van der Waals surface area (Å²) in [6.45, 7) is 6.47. The highest BCUT2D eigenvalue weighted by molar-refractivity contribution is 5.71. The Hall–Kier alpha value is -2.63. The number of rotatable bonds is 48. The summed E-state index contributed by atoms with van der Waals surface area (Å²) in [6, 6.07) is 0. The van der Waals surface area contributed by atoms with Crippen LogP contribution in [0, 0.1) is 0 Å². The molecule has 0 saturated heterocycles. The van der Waals surface area contributed by atoms with E-state index in [2.05, 4.69) is 69.4 Å². The fourth-order valence-electron chi connectivity index (χ4n) is 7.57. The second-order valence-electron chi connectivity index (χ2n) is 17.8. The Labute approximate surface area is 384 Å². The fraction of sp³-hybridized carbons (Fsp3) is 0.804. The molecule has 6 nitrogen and oxygen atoms in total. The van der Waals surface area contributed by atoms with Crippen molar-refractivity contribution in [3.05, 3.63) is 48.6 Å². The van der Waals surface area contributed by atoms with Crippen molar-refractivity contribution < 1.29 is 28.6 Å². The monoisotopic (exact) mass is 869 g/mol. The highest BCUT2D eigenvalue weighted by Gasteiger charge is 2.19. The van der Waals surface area contributed by atoms with E-state index >= 15 is 0 Å². The lowest BCUT2D eigenvalue weighted by atomic mass is 10.0. The lowest BCUT2D eigenvalue weighted by Crippen LogP contribution is -2.30. The molecule has 0 radical (unpaired) electrons. The second-order valence-corrected chi connectivity index (χ2v) is 17.8. The van der Waals surface area contributed by atoms with Gasteiger partial charge in [-0.25, -0.2) is 0 Å². The zero-order valence-corrected chi connectivity index (χ0v) is 41.1. The molecule has 0 spiro atoms. The molecule has 0 aromatic carbocycles. The van der Waals surface area contributed by atoms with E-state index in [0.29, 0.717) is 19.3 Å². The van der Waals surface area contributed by atoms with E-state index in [0.717, 1.165) is 96.3 Å². The maximum absolute atomic E-state index is 12.7. The van der Waals surface area contributed by atoms with Crippen LogP contribution in [0.1, 0.15) is 271 Å². The highest BCUT2D eigenvalue weighted by Crippen LogP contribution is 2.15. The van der Waals surface area contributed by atoms with Crippen molar-refractivity contribution >= 4 is 17.9 Å². The fourth-order valence-corrected chi connectivity index (χ4v) is 7.57. The number of ether oxygens (including phenoxy) is 3. The number of carbonyl (C=O) groups is 3. The average Bonchev–Trinajstić information content (AvgIpc) is 3.27. The van der Waals surface area contributed by atoms with E-state index in [9.17, 15) is 14.4 Å². The molecule has 0 aliphatic rings. The minimum absolute atomic E-state index is 0.0792. The molecule has 0 rings (SSSR count). The molecule has 360 valence electrons. The lowest BCUT2D eigenvalue weighted by molar-refractivity contribution is -0.167. The highest BCUT2D eigenvalue weighted by atomic mass is 16.6. The molecule has 62 heavy (non-hydrogen) atoms. The zero-order valence-electron chi connectivity index (χ0n) is 41.1. The Morgan fingerprint density at radius 1 is 0.339 bits per heavy atom. The van der Waals surface area contributed by atoms with Crippen molar-refractivity contribution in [2.45, 2.75) is 277 Å². The van der Waals surface area contributed by atoms with Gasteiger partial charge in [0.1, 0.15) is 13.2 Å². The van der Waals surface area contributed by atoms with E-state index in [4.69, 9.17) is 14.2 Å². The minimum Gasteiger partial charge on any atom is -0.462 e. The first-order valence-corrected chi connectivity index (χ1v) is 26.6. The molecule has 0 heterocycles. The largest absolute Gasteiger partial charge is 0.462 e. The molecule has 1 unspecified atom stereocenters. The summed E-state index contributed by atoms with van der Waals surface area (Å²) < 4.78 is 16.7. The van der Waals surface area contributed by atoms with Gasteiger partial charge in [-0.2, -0.15) is 0 Å². The maximum Gasteiger partial charge on any atom is 0.306 e. The Kier molecular flexibility index (Phi) is 48.8.